The molecule has 0 saturated carbocycles. The van der Waals surface area contributed by atoms with Gasteiger partial charge in [-0.15, -0.1) is 0 Å². The van der Waals surface area contributed by atoms with E-state index >= 15 is 0 Å². The summed E-state index contributed by atoms with van der Waals surface area (Å²) < 4.78 is 13.8. The third kappa shape index (κ3) is 2.44. The molecule has 0 aliphatic heterocycles. The highest BCUT2D eigenvalue weighted by Gasteiger charge is 2.08. The van der Waals surface area contributed by atoms with Gasteiger partial charge in [-0.1, -0.05) is 0 Å². The maximum absolute atomic E-state index is 13.0. The van der Waals surface area contributed by atoms with E-state index in [0.717, 1.165) is 15.6 Å². The maximum atomic E-state index is 13.0. The van der Waals surface area contributed by atoms with Crippen LogP contribution in [0.25, 0.3) is 11.4 Å². The molecule has 0 aliphatic carbocycles. The van der Waals surface area contributed by atoms with Crippen molar-refractivity contribution in [2.75, 3.05) is 12.4 Å². The third-order valence-electron chi connectivity index (χ3n) is 2.41. The molecule has 0 saturated heterocycles. The van der Waals surface area contributed by atoms with E-state index in [0.29, 0.717) is 11.6 Å². The van der Waals surface area contributed by atoms with E-state index < -0.39 is 0 Å². The third-order valence-corrected chi connectivity index (χ3v) is 2.99. The van der Waals surface area contributed by atoms with Gasteiger partial charge in [-0.2, -0.15) is 0 Å². The van der Waals surface area contributed by atoms with E-state index in [4.69, 9.17) is 0 Å². The molecule has 88 valence electrons. The molecular weight excluding hydrogens is 285 g/mol. The van der Waals surface area contributed by atoms with Crippen LogP contribution in [-0.2, 0) is 0 Å². The van der Waals surface area contributed by atoms with Gasteiger partial charge in [0.1, 0.15) is 11.6 Å². The van der Waals surface area contributed by atoms with Gasteiger partial charge in [-0.3, -0.25) is 0 Å². The summed E-state index contributed by atoms with van der Waals surface area (Å²) in [6.45, 7) is 1.84. The first-order valence-electron chi connectivity index (χ1n) is 5.08. The minimum absolute atomic E-state index is 0.253. The zero-order valence-electron chi connectivity index (χ0n) is 9.46. The summed E-state index contributed by atoms with van der Waals surface area (Å²) in [4.78, 5) is 8.59. The zero-order valence-corrected chi connectivity index (χ0v) is 11.0. The van der Waals surface area contributed by atoms with Crippen LogP contribution in [-0.4, -0.2) is 17.0 Å². The van der Waals surface area contributed by atoms with Crippen molar-refractivity contribution in [1.82, 2.24) is 9.97 Å². The predicted octanol–water partition coefficient (Wildman–Crippen LogP) is 3.40. The van der Waals surface area contributed by atoms with Crippen LogP contribution < -0.4 is 5.32 Å². The minimum Gasteiger partial charge on any atom is -0.372 e. The molecule has 17 heavy (non-hydrogen) atoms. The molecule has 0 aliphatic rings. The fraction of sp³-hybridized carbons (Fsp3) is 0.167. The van der Waals surface area contributed by atoms with E-state index in [1.54, 1.807) is 19.3 Å². The molecule has 2 aromatic rings. The molecule has 1 aromatic carbocycles. The summed E-state index contributed by atoms with van der Waals surface area (Å²) in [5.41, 5.74) is 1.64. The monoisotopic (exact) mass is 295 g/mol. The highest BCUT2D eigenvalue weighted by molar-refractivity contribution is 9.10. The zero-order chi connectivity index (χ0) is 12.4. The lowest BCUT2D eigenvalue weighted by atomic mass is 10.1. The number of hydrogen-bond acceptors (Lipinski definition) is 3. The maximum Gasteiger partial charge on any atom is 0.161 e. The Labute approximate surface area is 107 Å². The standard InChI is InChI=1S/C12H11BrFN3/c1-7-5-8(14)3-4-9(7)11-16-6-10(13)12(15-2)17-11/h3-6H,1-2H3,(H,15,16,17). The van der Waals surface area contributed by atoms with Gasteiger partial charge in [0.05, 0.1) is 4.47 Å². The topological polar surface area (TPSA) is 37.8 Å². The van der Waals surface area contributed by atoms with Crippen LogP contribution in [0, 0.1) is 12.7 Å². The van der Waals surface area contributed by atoms with Gasteiger partial charge in [0.15, 0.2) is 5.82 Å². The van der Waals surface area contributed by atoms with Crippen LogP contribution in [0.5, 0.6) is 0 Å². The number of anilines is 1. The van der Waals surface area contributed by atoms with Crippen LogP contribution in [0.15, 0.2) is 28.9 Å². The lowest BCUT2D eigenvalue weighted by Crippen LogP contribution is -1.98. The lowest BCUT2D eigenvalue weighted by Gasteiger charge is -2.07. The number of benzene rings is 1. The number of aryl methyl sites for hydroxylation is 1. The Balaban J connectivity index is 2.53. The highest BCUT2D eigenvalue weighted by atomic mass is 79.9. The number of aromatic nitrogens is 2. The van der Waals surface area contributed by atoms with Gasteiger partial charge in [0.25, 0.3) is 0 Å². The normalized spacial score (nSPS) is 10.4. The van der Waals surface area contributed by atoms with E-state index in [1.165, 1.54) is 12.1 Å². The molecule has 2 rings (SSSR count). The molecule has 1 aromatic heterocycles. The van der Waals surface area contributed by atoms with E-state index in [2.05, 4.69) is 31.2 Å². The number of halogens is 2. The summed E-state index contributed by atoms with van der Waals surface area (Å²) in [6.07, 6.45) is 1.68. The van der Waals surface area contributed by atoms with Crippen molar-refractivity contribution in [3.05, 3.63) is 40.2 Å². The molecule has 1 heterocycles. The van der Waals surface area contributed by atoms with Crippen molar-refractivity contribution in [2.24, 2.45) is 0 Å². The van der Waals surface area contributed by atoms with Gasteiger partial charge < -0.3 is 5.32 Å². The quantitative estimate of drug-likeness (QED) is 0.923. The summed E-state index contributed by atoms with van der Waals surface area (Å²) in [7, 11) is 1.79. The number of hydrogen-bond donors (Lipinski definition) is 1. The first-order chi connectivity index (χ1) is 8.11. The molecule has 0 atom stereocenters. The van der Waals surface area contributed by atoms with E-state index in [-0.39, 0.29) is 5.82 Å². The second-order valence-electron chi connectivity index (χ2n) is 3.60. The van der Waals surface area contributed by atoms with Crippen molar-refractivity contribution in [3.63, 3.8) is 0 Å². The second-order valence-corrected chi connectivity index (χ2v) is 4.45. The van der Waals surface area contributed by atoms with Gasteiger partial charge in [-0.05, 0) is 46.6 Å². The smallest absolute Gasteiger partial charge is 0.161 e. The Morgan fingerprint density at radius 2 is 2.12 bits per heavy atom. The van der Waals surface area contributed by atoms with E-state index in [1.807, 2.05) is 6.92 Å². The van der Waals surface area contributed by atoms with Crippen molar-refractivity contribution in [2.45, 2.75) is 6.92 Å². The fourth-order valence-electron chi connectivity index (χ4n) is 1.55. The Morgan fingerprint density at radius 1 is 1.35 bits per heavy atom. The average Bonchev–Trinajstić information content (AvgIpc) is 2.30. The molecule has 0 spiro atoms. The molecule has 0 bridgehead atoms. The summed E-state index contributed by atoms with van der Waals surface area (Å²) in [5, 5.41) is 2.96. The Bertz CT molecular complexity index is 557. The Hall–Kier alpha value is -1.49. The van der Waals surface area contributed by atoms with Gasteiger partial charge >= 0.3 is 0 Å². The fourth-order valence-corrected chi connectivity index (χ4v) is 1.94. The molecule has 0 radical (unpaired) electrons. The predicted molar refractivity (Wildman–Crippen MR) is 69.4 cm³/mol. The number of rotatable bonds is 2. The summed E-state index contributed by atoms with van der Waals surface area (Å²) in [5.74, 6) is 1.03. The first-order valence-corrected chi connectivity index (χ1v) is 5.88. The first kappa shape index (κ1) is 12.0. The summed E-state index contributed by atoms with van der Waals surface area (Å²) in [6, 6.07) is 4.57. The van der Waals surface area contributed by atoms with Gasteiger partial charge in [-0.25, -0.2) is 14.4 Å². The van der Waals surface area contributed by atoms with Crippen molar-refractivity contribution in [1.29, 1.82) is 0 Å². The Kier molecular flexibility index (Phi) is 3.38. The molecule has 0 fully saturated rings. The molecule has 0 amide bonds. The molecule has 0 unspecified atom stereocenters. The van der Waals surface area contributed by atoms with Gasteiger partial charge in [0, 0.05) is 18.8 Å². The Morgan fingerprint density at radius 3 is 2.76 bits per heavy atom. The largest absolute Gasteiger partial charge is 0.372 e. The molecule has 3 nitrogen and oxygen atoms in total. The molecule has 1 N–H and O–H groups in total. The van der Waals surface area contributed by atoms with E-state index in [9.17, 15) is 4.39 Å². The second kappa shape index (κ2) is 4.79. The highest BCUT2D eigenvalue weighted by Crippen LogP contribution is 2.25. The number of nitrogens with zero attached hydrogens (tertiary/aromatic N) is 2. The average molecular weight is 296 g/mol. The SMILES string of the molecule is CNc1nc(-c2ccc(F)cc2C)ncc1Br. The minimum atomic E-state index is -0.253. The van der Waals surface area contributed by atoms with Crippen molar-refractivity contribution >= 4 is 21.7 Å². The van der Waals surface area contributed by atoms with Crippen molar-refractivity contribution in [3.8, 4) is 11.4 Å². The molecular formula is C12H11BrFN3. The van der Waals surface area contributed by atoms with Crippen LogP contribution in [0.3, 0.4) is 0 Å². The van der Waals surface area contributed by atoms with Crippen LogP contribution in [0.4, 0.5) is 10.2 Å². The van der Waals surface area contributed by atoms with Gasteiger partial charge in [0.2, 0.25) is 0 Å². The number of nitrogens with one attached hydrogen (secondary N) is 1. The van der Waals surface area contributed by atoms with Crippen LogP contribution in [0.1, 0.15) is 5.56 Å². The summed E-state index contributed by atoms with van der Waals surface area (Å²) >= 11 is 3.35. The van der Waals surface area contributed by atoms with Crippen LogP contribution >= 0.6 is 15.9 Å². The lowest BCUT2D eigenvalue weighted by molar-refractivity contribution is 0.627. The van der Waals surface area contributed by atoms with Crippen LogP contribution in [0.2, 0.25) is 0 Å². The molecule has 5 heteroatoms. The van der Waals surface area contributed by atoms with Crippen molar-refractivity contribution < 1.29 is 4.39 Å².